The zero-order valence-electron chi connectivity index (χ0n) is 7.74. The summed E-state index contributed by atoms with van der Waals surface area (Å²) in [7, 11) is 1.62. The quantitative estimate of drug-likeness (QED) is 0.715. The number of hydrogen-bond donors (Lipinski definition) is 2. The van der Waals surface area contributed by atoms with Crippen LogP contribution in [-0.2, 0) is 4.79 Å². The Labute approximate surface area is 77.4 Å². The molecule has 0 aliphatic heterocycles. The predicted octanol–water partition coefficient (Wildman–Crippen LogP) is 0.628. The second-order valence-electron chi connectivity index (χ2n) is 2.72. The summed E-state index contributed by atoms with van der Waals surface area (Å²) in [6.45, 7) is 1.80. The lowest BCUT2D eigenvalue weighted by atomic mass is 10.3. The maximum absolute atomic E-state index is 11.1. The number of carbonyl (C=O) groups excluding carboxylic acids is 1. The van der Waals surface area contributed by atoms with E-state index in [9.17, 15) is 4.79 Å². The van der Waals surface area contributed by atoms with Gasteiger partial charge in [-0.3, -0.25) is 9.78 Å². The van der Waals surface area contributed by atoms with Gasteiger partial charge in [0.05, 0.1) is 0 Å². The molecule has 1 aromatic rings. The SMILES string of the molecule is CNC(=O)[C@H](C)Nc1ccncc1. The number of likely N-dealkylation sites (N-methyl/N-ethyl adjacent to an activating group) is 1. The van der Waals surface area contributed by atoms with Crippen molar-refractivity contribution in [1.82, 2.24) is 10.3 Å². The van der Waals surface area contributed by atoms with Crippen LogP contribution in [0.4, 0.5) is 5.69 Å². The molecule has 1 atom stereocenters. The van der Waals surface area contributed by atoms with Gasteiger partial charge in [-0.2, -0.15) is 0 Å². The van der Waals surface area contributed by atoms with E-state index in [2.05, 4.69) is 15.6 Å². The van der Waals surface area contributed by atoms with Crippen molar-refractivity contribution in [2.45, 2.75) is 13.0 Å². The first kappa shape index (κ1) is 9.51. The van der Waals surface area contributed by atoms with Gasteiger partial charge in [0.2, 0.25) is 5.91 Å². The van der Waals surface area contributed by atoms with Gasteiger partial charge in [-0.25, -0.2) is 0 Å². The highest BCUT2D eigenvalue weighted by Crippen LogP contribution is 2.04. The molecule has 1 rings (SSSR count). The van der Waals surface area contributed by atoms with Crippen LogP contribution in [0.3, 0.4) is 0 Å². The Morgan fingerprint density at radius 3 is 2.62 bits per heavy atom. The van der Waals surface area contributed by atoms with Gasteiger partial charge in [-0.1, -0.05) is 0 Å². The Bertz CT molecular complexity index is 273. The molecule has 0 radical (unpaired) electrons. The molecular formula is C9H13N3O. The van der Waals surface area contributed by atoms with E-state index in [4.69, 9.17) is 0 Å². The molecule has 2 N–H and O–H groups in total. The van der Waals surface area contributed by atoms with E-state index < -0.39 is 0 Å². The van der Waals surface area contributed by atoms with Gasteiger partial charge in [0.15, 0.2) is 0 Å². The molecule has 0 fully saturated rings. The number of pyridine rings is 1. The van der Waals surface area contributed by atoms with Crippen molar-refractivity contribution in [3.63, 3.8) is 0 Å². The molecule has 1 heterocycles. The van der Waals surface area contributed by atoms with Crippen LogP contribution in [0.1, 0.15) is 6.92 Å². The first-order valence-corrected chi connectivity index (χ1v) is 4.12. The van der Waals surface area contributed by atoms with Gasteiger partial charge in [0.25, 0.3) is 0 Å². The fourth-order valence-electron chi connectivity index (χ4n) is 0.980. The minimum atomic E-state index is -0.229. The van der Waals surface area contributed by atoms with Crippen molar-refractivity contribution in [2.24, 2.45) is 0 Å². The van der Waals surface area contributed by atoms with E-state index in [-0.39, 0.29) is 11.9 Å². The average molecular weight is 179 g/mol. The van der Waals surface area contributed by atoms with Crippen molar-refractivity contribution >= 4 is 11.6 Å². The number of hydrogen-bond acceptors (Lipinski definition) is 3. The number of nitrogens with zero attached hydrogens (tertiary/aromatic N) is 1. The molecule has 0 aliphatic rings. The van der Waals surface area contributed by atoms with E-state index >= 15 is 0 Å². The van der Waals surface area contributed by atoms with Crippen molar-refractivity contribution in [2.75, 3.05) is 12.4 Å². The van der Waals surface area contributed by atoms with E-state index in [1.54, 1.807) is 26.4 Å². The molecule has 4 heteroatoms. The van der Waals surface area contributed by atoms with Crippen molar-refractivity contribution < 1.29 is 4.79 Å². The van der Waals surface area contributed by atoms with Crippen LogP contribution in [0.2, 0.25) is 0 Å². The number of rotatable bonds is 3. The summed E-state index contributed by atoms with van der Waals surface area (Å²) in [5.41, 5.74) is 0.895. The van der Waals surface area contributed by atoms with Crippen LogP contribution in [0, 0.1) is 0 Å². The zero-order chi connectivity index (χ0) is 9.68. The summed E-state index contributed by atoms with van der Waals surface area (Å²) >= 11 is 0. The van der Waals surface area contributed by atoms with E-state index in [0.29, 0.717) is 0 Å². The Kier molecular flexibility index (Phi) is 3.25. The molecule has 0 saturated carbocycles. The highest BCUT2D eigenvalue weighted by Gasteiger charge is 2.09. The summed E-state index contributed by atoms with van der Waals surface area (Å²) in [5.74, 6) is -0.0307. The molecule has 4 nitrogen and oxygen atoms in total. The van der Waals surface area contributed by atoms with Crippen LogP contribution in [0.5, 0.6) is 0 Å². The lowest BCUT2D eigenvalue weighted by Crippen LogP contribution is -2.35. The average Bonchev–Trinajstić information content (AvgIpc) is 2.18. The molecule has 0 aromatic carbocycles. The van der Waals surface area contributed by atoms with Gasteiger partial charge in [-0.15, -0.1) is 0 Å². The number of carbonyl (C=O) groups is 1. The van der Waals surface area contributed by atoms with Crippen LogP contribution in [-0.4, -0.2) is 24.0 Å². The smallest absolute Gasteiger partial charge is 0.241 e. The largest absolute Gasteiger partial charge is 0.374 e. The summed E-state index contributed by atoms with van der Waals surface area (Å²) in [6, 6.07) is 3.41. The highest BCUT2D eigenvalue weighted by molar-refractivity contribution is 5.83. The monoisotopic (exact) mass is 179 g/mol. The molecule has 13 heavy (non-hydrogen) atoms. The lowest BCUT2D eigenvalue weighted by molar-refractivity contribution is -0.121. The van der Waals surface area contributed by atoms with E-state index in [0.717, 1.165) is 5.69 Å². The van der Waals surface area contributed by atoms with Gasteiger partial charge < -0.3 is 10.6 Å². The van der Waals surface area contributed by atoms with E-state index in [1.165, 1.54) is 0 Å². The fraction of sp³-hybridized carbons (Fsp3) is 0.333. The highest BCUT2D eigenvalue weighted by atomic mass is 16.2. The summed E-state index contributed by atoms with van der Waals surface area (Å²) in [5, 5.41) is 5.61. The third-order valence-corrected chi connectivity index (χ3v) is 1.70. The van der Waals surface area contributed by atoms with Crippen LogP contribution >= 0.6 is 0 Å². The molecule has 0 spiro atoms. The Hall–Kier alpha value is -1.58. The van der Waals surface area contributed by atoms with Crippen molar-refractivity contribution in [3.05, 3.63) is 24.5 Å². The number of amides is 1. The summed E-state index contributed by atoms with van der Waals surface area (Å²) in [6.07, 6.45) is 3.36. The third kappa shape index (κ3) is 2.74. The first-order valence-electron chi connectivity index (χ1n) is 4.12. The van der Waals surface area contributed by atoms with Crippen molar-refractivity contribution in [1.29, 1.82) is 0 Å². The van der Waals surface area contributed by atoms with Crippen LogP contribution < -0.4 is 10.6 Å². The normalized spacial score (nSPS) is 11.8. The molecular weight excluding hydrogens is 166 g/mol. The number of aromatic nitrogens is 1. The van der Waals surface area contributed by atoms with E-state index in [1.807, 2.05) is 12.1 Å². The summed E-state index contributed by atoms with van der Waals surface area (Å²) in [4.78, 5) is 15.0. The molecule has 0 bridgehead atoms. The predicted molar refractivity (Wildman–Crippen MR) is 51.4 cm³/mol. The lowest BCUT2D eigenvalue weighted by Gasteiger charge is -2.12. The minimum absolute atomic E-state index is 0.0307. The number of anilines is 1. The molecule has 70 valence electrons. The zero-order valence-corrected chi connectivity index (χ0v) is 7.74. The summed E-state index contributed by atoms with van der Waals surface area (Å²) < 4.78 is 0. The Morgan fingerprint density at radius 1 is 1.46 bits per heavy atom. The Morgan fingerprint density at radius 2 is 2.08 bits per heavy atom. The Balaban J connectivity index is 2.55. The third-order valence-electron chi connectivity index (χ3n) is 1.70. The molecule has 0 saturated heterocycles. The van der Waals surface area contributed by atoms with Gasteiger partial charge in [-0.05, 0) is 19.1 Å². The molecule has 1 amide bonds. The van der Waals surface area contributed by atoms with Crippen LogP contribution in [0.15, 0.2) is 24.5 Å². The standard InChI is InChI=1S/C9H13N3O/c1-7(9(13)10-2)12-8-3-5-11-6-4-8/h3-7H,1-2H3,(H,10,13)(H,11,12)/t7-/m0/s1. The molecule has 0 unspecified atom stereocenters. The van der Waals surface area contributed by atoms with Gasteiger partial charge >= 0.3 is 0 Å². The molecule has 0 aliphatic carbocycles. The van der Waals surface area contributed by atoms with Crippen LogP contribution in [0.25, 0.3) is 0 Å². The molecule has 1 aromatic heterocycles. The van der Waals surface area contributed by atoms with Crippen molar-refractivity contribution in [3.8, 4) is 0 Å². The van der Waals surface area contributed by atoms with Gasteiger partial charge in [0, 0.05) is 25.1 Å². The second kappa shape index (κ2) is 4.45. The fourth-order valence-corrected chi connectivity index (χ4v) is 0.980. The topological polar surface area (TPSA) is 54.0 Å². The maximum atomic E-state index is 11.1. The van der Waals surface area contributed by atoms with Gasteiger partial charge in [0.1, 0.15) is 6.04 Å². The number of nitrogens with one attached hydrogen (secondary N) is 2. The maximum Gasteiger partial charge on any atom is 0.241 e. The first-order chi connectivity index (χ1) is 6.24. The minimum Gasteiger partial charge on any atom is -0.374 e. The second-order valence-corrected chi connectivity index (χ2v) is 2.72.